The van der Waals surface area contributed by atoms with Crippen molar-refractivity contribution in [3.05, 3.63) is 65.5 Å². The van der Waals surface area contributed by atoms with E-state index in [1.165, 1.54) is 11.1 Å². The van der Waals surface area contributed by atoms with Gasteiger partial charge in [0.05, 0.1) is 17.1 Å². The highest BCUT2D eigenvalue weighted by molar-refractivity contribution is 5.74. The lowest BCUT2D eigenvalue weighted by molar-refractivity contribution is 0.396. The highest BCUT2D eigenvalue weighted by Gasteiger charge is 2.19. The van der Waals surface area contributed by atoms with Crippen LogP contribution in [0.3, 0.4) is 0 Å². The number of nitrogens with zero attached hydrogens (tertiary/aromatic N) is 1. The molecule has 0 amide bonds. The predicted octanol–water partition coefficient (Wildman–Crippen LogP) is 4.61. The molecular formula is C20H25N3. The van der Waals surface area contributed by atoms with E-state index in [4.69, 9.17) is 4.98 Å². The number of aromatic amines is 1. The van der Waals surface area contributed by atoms with Gasteiger partial charge in [-0.25, -0.2) is 4.98 Å². The molecule has 3 rings (SSSR count). The Labute approximate surface area is 138 Å². The van der Waals surface area contributed by atoms with Crippen molar-refractivity contribution in [3.8, 4) is 0 Å². The molecule has 23 heavy (non-hydrogen) atoms. The quantitative estimate of drug-likeness (QED) is 0.698. The average Bonchev–Trinajstić information content (AvgIpc) is 2.99. The second-order valence-corrected chi connectivity index (χ2v) is 6.41. The second kappa shape index (κ2) is 6.97. The summed E-state index contributed by atoms with van der Waals surface area (Å²) in [7, 11) is 0. The first-order valence-corrected chi connectivity index (χ1v) is 8.43. The molecule has 120 valence electrons. The second-order valence-electron chi connectivity index (χ2n) is 6.41. The van der Waals surface area contributed by atoms with E-state index < -0.39 is 0 Å². The van der Waals surface area contributed by atoms with E-state index in [-0.39, 0.29) is 6.04 Å². The normalized spacial score (nSPS) is 12.9. The highest BCUT2D eigenvalue weighted by Crippen LogP contribution is 2.22. The van der Waals surface area contributed by atoms with Gasteiger partial charge in [0.1, 0.15) is 5.82 Å². The van der Waals surface area contributed by atoms with Gasteiger partial charge in [0, 0.05) is 6.54 Å². The molecule has 1 heterocycles. The molecule has 0 radical (unpaired) electrons. The van der Waals surface area contributed by atoms with E-state index in [0.717, 1.165) is 29.8 Å². The van der Waals surface area contributed by atoms with Crippen LogP contribution < -0.4 is 5.32 Å². The van der Waals surface area contributed by atoms with Gasteiger partial charge in [-0.2, -0.15) is 0 Å². The van der Waals surface area contributed by atoms with Gasteiger partial charge in [-0.15, -0.1) is 0 Å². The molecule has 0 spiro atoms. The van der Waals surface area contributed by atoms with Crippen molar-refractivity contribution >= 4 is 11.0 Å². The maximum atomic E-state index is 4.76. The molecule has 0 aliphatic rings. The van der Waals surface area contributed by atoms with E-state index in [0.29, 0.717) is 5.92 Å². The third-order valence-electron chi connectivity index (χ3n) is 4.33. The largest absolute Gasteiger partial charge is 0.341 e. The molecule has 3 heteroatoms. The number of hydrogen-bond donors (Lipinski definition) is 2. The van der Waals surface area contributed by atoms with Gasteiger partial charge in [-0.05, 0) is 35.6 Å². The first-order chi connectivity index (χ1) is 11.2. The highest BCUT2D eigenvalue weighted by atomic mass is 15.0. The van der Waals surface area contributed by atoms with Gasteiger partial charge in [0.15, 0.2) is 0 Å². The summed E-state index contributed by atoms with van der Waals surface area (Å²) < 4.78 is 0. The fraction of sp³-hybridized carbons (Fsp3) is 0.350. The standard InChI is InChI=1S/C20H25N3/c1-4-15-9-11-16(12-10-15)13-21-19(14(2)3)20-22-17-7-5-6-8-18(17)23-20/h5-12,14,19,21H,4,13H2,1-3H3,(H,22,23)/t19-/m1/s1. The van der Waals surface area contributed by atoms with Crippen LogP contribution in [-0.2, 0) is 13.0 Å². The molecule has 3 nitrogen and oxygen atoms in total. The molecular weight excluding hydrogens is 282 g/mol. The molecule has 1 atom stereocenters. The summed E-state index contributed by atoms with van der Waals surface area (Å²) in [6, 6.07) is 17.3. The van der Waals surface area contributed by atoms with Gasteiger partial charge in [0.25, 0.3) is 0 Å². The lowest BCUT2D eigenvalue weighted by Gasteiger charge is -2.20. The SMILES string of the molecule is CCc1ccc(CN[C@@H](c2nc3ccccc3[nH]2)C(C)C)cc1. The number of nitrogens with one attached hydrogen (secondary N) is 2. The number of H-pyrrole nitrogens is 1. The van der Waals surface area contributed by atoms with E-state index in [1.807, 2.05) is 12.1 Å². The minimum Gasteiger partial charge on any atom is -0.341 e. The predicted molar refractivity (Wildman–Crippen MR) is 96.3 cm³/mol. The van der Waals surface area contributed by atoms with Crippen molar-refractivity contribution in [1.82, 2.24) is 15.3 Å². The van der Waals surface area contributed by atoms with Gasteiger partial charge in [-0.3, -0.25) is 0 Å². The van der Waals surface area contributed by atoms with Crippen LogP contribution in [-0.4, -0.2) is 9.97 Å². The van der Waals surface area contributed by atoms with Crippen molar-refractivity contribution in [2.75, 3.05) is 0 Å². The number of para-hydroxylation sites is 2. The zero-order valence-corrected chi connectivity index (χ0v) is 14.1. The van der Waals surface area contributed by atoms with Crippen molar-refractivity contribution in [3.63, 3.8) is 0 Å². The summed E-state index contributed by atoms with van der Waals surface area (Å²) in [5.41, 5.74) is 4.82. The fourth-order valence-electron chi connectivity index (χ4n) is 2.89. The molecule has 0 saturated carbocycles. The number of rotatable bonds is 6. The zero-order chi connectivity index (χ0) is 16.2. The lowest BCUT2D eigenvalue weighted by Crippen LogP contribution is -2.26. The molecule has 0 aliphatic heterocycles. The Balaban J connectivity index is 1.75. The summed E-state index contributed by atoms with van der Waals surface area (Å²) in [4.78, 5) is 8.21. The van der Waals surface area contributed by atoms with Crippen LogP contribution in [0.1, 0.15) is 43.8 Å². The molecule has 0 fully saturated rings. The van der Waals surface area contributed by atoms with Crippen LogP contribution in [0.5, 0.6) is 0 Å². The summed E-state index contributed by atoms with van der Waals surface area (Å²) in [5, 5.41) is 3.66. The minimum absolute atomic E-state index is 0.216. The molecule has 0 aliphatic carbocycles. The monoisotopic (exact) mass is 307 g/mol. The third kappa shape index (κ3) is 3.62. The maximum Gasteiger partial charge on any atom is 0.124 e. The molecule has 0 saturated heterocycles. The number of hydrogen-bond acceptors (Lipinski definition) is 2. The summed E-state index contributed by atoms with van der Waals surface area (Å²) in [6.45, 7) is 7.49. The summed E-state index contributed by atoms with van der Waals surface area (Å²) in [5.74, 6) is 1.48. The Kier molecular flexibility index (Phi) is 4.77. The molecule has 3 aromatic rings. The molecule has 0 unspecified atom stereocenters. The van der Waals surface area contributed by atoms with Crippen molar-refractivity contribution in [2.45, 2.75) is 39.8 Å². The first kappa shape index (κ1) is 15.8. The van der Waals surface area contributed by atoms with Crippen molar-refractivity contribution in [1.29, 1.82) is 0 Å². The Morgan fingerprint density at radius 3 is 2.35 bits per heavy atom. The topological polar surface area (TPSA) is 40.7 Å². The lowest BCUT2D eigenvalue weighted by atomic mass is 10.0. The van der Waals surface area contributed by atoms with E-state index in [1.54, 1.807) is 0 Å². The molecule has 2 aromatic carbocycles. The summed E-state index contributed by atoms with van der Waals surface area (Å²) >= 11 is 0. The number of aromatic nitrogens is 2. The third-order valence-corrected chi connectivity index (χ3v) is 4.33. The van der Waals surface area contributed by atoms with Gasteiger partial charge < -0.3 is 10.3 Å². The van der Waals surface area contributed by atoms with Crippen LogP contribution in [0.15, 0.2) is 48.5 Å². The summed E-state index contributed by atoms with van der Waals surface area (Å²) in [6.07, 6.45) is 1.08. The smallest absolute Gasteiger partial charge is 0.124 e. The Morgan fingerprint density at radius 2 is 1.70 bits per heavy atom. The fourth-order valence-corrected chi connectivity index (χ4v) is 2.89. The van der Waals surface area contributed by atoms with E-state index in [9.17, 15) is 0 Å². The Hall–Kier alpha value is -2.13. The number of imidazole rings is 1. The first-order valence-electron chi connectivity index (χ1n) is 8.43. The van der Waals surface area contributed by atoms with Crippen LogP contribution in [0.4, 0.5) is 0 Å². The number of aryl methyl sites for hydroxylation is 1. The van der Waals surface area contributed by atoms with Crippen LogP contribution in [0.2, 0.25) is 0 Å². The number of fused-ring (bicyclic) bond motifs is 1. The minimum atomic E-state index is 0.216. The van der Waals surface area contributed by atoms with E-state index >= 15 is 0 Å². The molecule has 2 N–H and O–H groups in total. The van der Waals surface area contributed by atoms with Crippen molar-refractivity contribution in [2.24, 2.45) is 5.92 Å². The van der Waals surface area contributed by atoms with Gasteiger partial charge in [0.2, 0.25) is 0 Å². The molecule has 1 aromatic heterocycles. The zero-order valence-electron chi connectivity index (χ0n) is 14.1. The maximum absolute atomic E-state index is 4.76. The average molecular weight is 307 g/mol. The van der Waals surface area contributed by atoms with Gasteiger partial charge >= 0.3 is 0 Å². The van der Waals surface area contributed by atoms with Crippen molar-refractivity contribution < 1.29 is 0 Å². The Bertz CT molecular complexity index is 723. The van der Waals surface area contributed by atoms with E-state index in [2.05, 4.69) is 67.5 Å². The number of benzene rings is 2. The van der Waals surface area contributed by atoms with Gasteiger partial charge in [-0.1, -0.05) is 57.2 Å². The molecule has 0 bridgehead atoms. The van der Waals surface area contributed by atoms with Crippen LogP contribution in [0, 0.1) is 5.92 Å². The Morgan fingerprint density at radius 1 is 1.00 bits per heavy atom. The van der Waals surface area contributed by atoms with Crippen LogP contribution in [0.25, 0.3) is 11.0 Å². The van der Waals surface area contributed by atoms with Crippen LogP contribution >= 0.6 is 0 Å².